The first-order chi connectivity index (χ1) is 9.13. The molecule has 1 heterocycles. The molecule has 1 fully saturated rings. The average molecular weight is 287 g/mol. The third-order valence-corrected chi connectivity index (χ3v) is 4.53. The lowest BCUT2D eigenvalue weighted by molar-refractivity contribution is -0.140. The first-order valence-corrected chi connectivity index (χ1v) is 8.14. The molecular formula is C14H25NO3S. The van der Waals surface area contributed by atoms with E-state index < -0.39 is 0 Å². The van der Waals surface area contributed by atoms with E-state index in [-0.39, 0.29) is 17.1 Å². The number of carbonyl (C=O) groups is 2. The van der Waals surface area contributed by atoms with Crippen LogP contribution in [0, 0.1) is 0 Å². The molecule has 1 rings (SSSR count). The summed E-state index contributed by atoms with van der Waals surface area (Å²) in [5.74, 6) is 0.473. The van der Waals surface area contributed by atoms with E-state index in [9.17, 15) is 9.59 Å². The SMILES string of the molecule is COC(=O)CC(C)SCC(=O)N1CCCCCCC1. The maximum atomic E-state index is 12.1. The Morgan fingerprint density at radius 1 is 1.16 bits per heavy atom. The molecule has 19 heavy (non-hydrogen) atoms. The van der Waals surface area contributed by atoms with E-state index in [0.717, 1.165) is 25.9 Å². The summed E-state index contributed by atoms with van der Waals surface area (Å²) in [4.78, 5) is 25.2. The molecule has 4 nitrogen and oxygen atoms in total. The molecule has 1 unspecified atom stereocenters. The van der Waals surface area contributed by atoms with Crippen molar-refractivity contribution in [2.24, 2.45) is 0 Å². The zero-order valence-corrected chi connectivity index (χ0v) is 12.8. The van der Waals surface area contributed by atoms with Gasteiger partial charge in [0, 0.05) is 18.3 Å². The van der Waals surface area contributed by atoms with Crippen LogP contribution in [0.5, 0.6) is 0 Å². The molecule has 110 valence electrons. The van der Waals surface area contributed by atoms with Gasteiger partial charge in [-0.2, -0.15) is 0 Å². The quantitative estimate of drug-likeness (QED) is 0.729. The molecule has 0 aliphatic carbocycles. The Labute approximate surface area is 120 Å². The second-order valence-electron chi connectivity index (χ2n) is 5.05. The van der Waals surface area contributed by atoms with Crippen LogP contribution in [0.15, 0.2) is 0 Å². The van der Waals surface area contributed by atoms with E-state index in [1.807, 2.05) is 11.8 Å². The Hall–Kier alpha value is -0.710. The number of nitrogens with zero attached hydrogens (tertiary/aromatic N) is 1. The molecule has 1 amide bonds. The second kappa shape index (κ2) is 9.23. The fourth-order valence-corrected chi connectivity index (χ4v) is 3.04. The van der Waals surface area contributed by atoms with Crippen molar-refractivity contribution in [3.8, 4) is 0 Å². The highest BCUT2D eigenvalue weighted by molar-refractivity contribution is 8.00. The summed E-state index contributed by atoms with van der Waals surface area (Å²) in [6.45, 7) is 3.75. The Morgan fingerprint density at radius 3 is 2.32 bits per heavy atom. The summed E-state index contributed by atoms with van der Waals surface area (Å²) < 4.78 is 4.63. The number of rotatable bonds is 5. The van der Waals surface area contributed by atoms with Crippen LogP contribution in [-0.4, -0.2) is 48.0 Å². The van der Waals surface area contributed by atoms with Crippen LogP contribution in [0.1, 0.15) is 45.4 Å². The number of likely N-dealkylation sites (tertiary alicyclic amines) is 1. The van der Waals surface area contributed by atoms with E-state index in [2.05, 4.69) is 4.74 Å². The van der Waals surface area contributed by atoms with Crippen LogP contribution in [0.25, 0.3) is 0 Å². The number of methoxy groups -OCH3 is 1. The fourth-order valence-electron chi connectivity index (χ4n) is 2.18. The van der Waals surface area contributed by atoms with E-state index in [1.54, 1.807) is 11.8 Å². The number of thioether (sulfide) groups is 1. The molecule has 1 atom stereocenters. The summed E-state index contributed by atoms with van der Waals surface area (Å²) in [5, 5.41) is 0.131. The van der Waals surface area contributed by atoms with E-state index in [4.69, 9.17) is 0 Å². The van der Waals surface area contributed by atoms with Gasteiger partial charge in [0.25, 0.3) is 0 Å². The third-order valence-electron chi connectivity index (χ3n) is 3.38. The van der Waals surface area contributed by atoms with Crippen molar-refractivity contribution in [1.82, 2.24) is 4.90 Å². The summed E-state index contributed by atoms with van der Waals surface area (Å²) in [6.07, 6.45) is 6.37. The minimum Gasteiger partial charge on any atom is -0.469 e. The highest BCUT2D eigenvalue weighted by atomic mass is 32.2. The number of esters is 1. The Bertz CT molecular complexity index is 288. The van der Waals surface area contributed by atoms with E-state index in [1.165, 1.54) is 26.4 Å². The Kier molecular flexibility index (Phi) is 7.94. The maximum absolute atomic E-state index is 12.1. The van der Waals surface area contributed by atoms with Gasteiger partial charge in [-0.25, -0.2) is 0 Å². The normalized spacial score (nSPS) is 18.3. The first kappa shape index (κ1) is 16.3. The predicted molar refractivity (Wildman–Crippen MR) is 78.2 cm³/mol. The van der Waals surface area contributed by atoms with Gasteiger partial charge in [0.2, 0.25) is 5.91 Å². The summed E-state index contributed by atoms with van der Waals surface area (Å²) in [7, 11) is 1.39. The lowest BCUT2D eigenvalue weighted by Crippen LogP contribution is -2.35. The van der Waals surface area contributed by atoms with E-state index >= 15 is 0 Å². The number of carbonyl (C=O) groups excluding carboxylic acids is 2. The molecule has 1 saturated heterocycles. The van der Waals surface area contributed by atoms with Gasteiger partial charge >= 0.3 is 5.97 Å². The standard InChI is InChI=1S/C14H25NO3S/c1-12(10-14(17)18-2)19-11-13(16)15-8-6-4-3-5-7-9-15/h12H,3-11H2,1-2H3. The topological polar surface area (TPSA) is 46.6 Å². The zero-order valence-electron chi connectivity index (χ0n) is 12.0. The van der Waals surface area contributed by atoms with Crippen molar-refractivity contribution in [3.05, 3.63) is 0 Å². The average Bonchev–Trinajstić information content (AvgIpc) is 2.35. The molecule has 0 spiro atoms. The van der Waals surface area contributed by atoms with Gasteiger partial charge < -0.3 is 9.64 Å². The minimum absolute atomic E-state index is 0.131. The summed E-state index contributed by atoms with van der Waals surface area (Å²) in [6, 6.07) is 0. The monoisotopic (exact) mass is 287 g/mol. The molecule has 0 saturated carbocycles. The lowest BCUT2D eigenvalue weighted by Gasteiger charge is -2.25. The molecule has 0 radical (unpaired) electrons. The smallest absolute Gasteiger partial charge is 0.306 e. The number of hydrogen-bond donors (Lipinski definition) is 0. The van der Waals surface area contributed by atoms with Crippen molar-refractivity contribution < 1.29 is 14.3 Å². The van der Waals surface area contributed by atoms with Crippen LogP contribution in [0.3, 0.4) is 0 Å². The predicted octanol–water partition coefficient (Wildman–Crippen LogP) is 2.46. The maximum Gasteiger partial charge on any atom is 0.306 e. The van der Waals surface area contributed by atoms with Crippen LogP contribution >= 0.6 is 11.8 Å². The van der Waals surface area contributed by atoms with Gasteiger partial charge in [0.15, 0.2) is 0 Å². The molecular weight excluding hydrogens is 262 g/mol. The van der Waals surface area contributed by atoms with Gasteiger partial charge in [-0.05, 0) is 12.8 Å². The Balaban J connectivity index is 2.26. The summed E-state index contributed by atoms with van der Waals surface area (Å²) >= 11 is 1.54. The molecule has 5 heteroatoms. The first-order valence-electron chi connectivity index (χ1n) is 7.09. The van der Waals surface area contributed by atoms with Gasteiger partial charge in [-0.3, -0.25) is 9.59 Å². The van der Waals surface area contributed by atoms with Crippen molar-refractivity contribution in [1.29, 1.82) is 0 Å². The number of amides is 1. The lowest BCUT2D eigenvalue weighted by atomic mass is 10.1. The van der Waals surface area contributed by atoms with Crippen molar-refractivity contribution in [2.75, 3.05) is 26.0 Å². The zero-order chi connectivity index (χ0) is 14.1. The highest BCUT2D eigenvalue weighted by Crippen LogP contribution is 2.17. The van der Waals surface area contributed by atoms with Crippen LogP contribution in [0.4, 0.5) is 0 Å². The molecule has 0 aromatic heterocycles. The van der Waals surface area contributed by atoms with Crippen LogP contribution in [-0.2, 0) is 14.3 Å². The molecule has 0 aromatic rings. The molecule has 1 aliphatic heterocycles. The van der Waals surface area contributed by atoms with Gasteiger partial charge in [-0.15, -0.1) is 11.8 Å². The number of hydrogen-bond acceptors (Lipinski definition) is 4. The Morgan fingerprint density at radius 2 is 1.74 bits per heavy atom. The largest absolute Gasteiger partial charge is 0.469 e. The van der Waals surface area contributed by atoms with Crippen molar-refractivity contribution >= 4 is 23.6 Å². The molecule has 1 aliphatic rings. The number of ether oxygens (including phenoxy) is 1. The van der Waals surface area contributed by atoms with E-state index in [0.29, 0.717) is 12.2 Å². The van der Waals surface area contributed by atoms with Gasteiger partial charge in [-0.1, -0.05) is 26.2 Å². The molecule has 0 aromatic carbocycles. The van der Waals surface area contributed by atoms with Gasteiger partial charge in [0.1, 0.15) is 0 Å². The van der Waals surface area contributed by atoms with Crippen LogP contribution < -0.4 is 0 Å². The van der Waals surface area contributed by atoms with Crippen molar-refractivity contribution in [2.45, 2.75) is 50.7 Å². The third kappa shape index (κ3) is 6.85. The highest BCUT2D eigenvalue weighted by Gasteiger charge is 2.17. The van der Waals surface area contributed by atoms with Crippen molar-refractivity contribution in [3.63, 3.8) is 0 Å². The summed E-state index contributed by atoms with van der Waals surface area (Å²) in [5.41, 5.74) is 0. The van der Waals surface area contributed by atoms with Crippen LogP contribution in [0.2, 0.25) is 0 Å². The second-order valence-corrected chi connectivity index (χ2v) is 6.48. The molecule has 0 N–H and O–H groups in total. The van der Waals surface area contributed by atoms with Gasteiger partial charge in [0.05, 0.1) is 19.3 Å². The fraction of sp³-hybridized carbons (Fsp3) is 0.857. The molecule has 0 bridgehead atoms. The minimum atomic E-state index is -0.210.